The third kappa shape index (κ3) is 2.85. The van der Waals surface area contributed by atoms with Gasteiger partial charge in [0.1, 0.15) is 19.3 Å². The number of fused-ring (bicyclic) bond motifs is 2. The van der Waals surface area contributed by atoms with E-state index in [1.54, 1.807) is 0 Å². The summed E-state index contributed by atoms with van der Waals surface area (Å²) < 4.78 is 11.3. The second-order valence-corrected chi connectivity index (χ2v) is 5.93. The number of amides is 1. The van der Waals surface area contributed by atoms with Crippen LogP contribution in [0.4, 0.5) is 11.4 Å². The van der Waals surface area contributed by atoms with Gasteiger partial charge in [0.05, 0.1) is 11.4 Å². The molecule has 2 heterocycles. The Balaban J connectivity index is 1.85. The van der Waals surface area contributed by atoms with Crippen LogP contribution >= 0.6 is 0 Å². The first-order valence-corrected chi connectivity index (χ1v) is 8.22. The Labute approximate surface area is 131 Å². The van der Waals surface area contributed by atoms with Crippen molar-refractivity contribution in [2.45, 2.75) is 45.6 Å². The van der Waals surface area contributed by atoms with Gasteiger partial charge < -0.3 is 19.7 Å². The lowest BCUT2D eigenvalue weighted by molar-refractivity contribution is -0.119. The number of carbonyl (C=O) groups excluding carboxylic acids is 1. The Morgan fingerprint density at radius 2 is 1.91 bits per heavy atom. The summed E-state index contributed by atoms with van der Waals surface area (Å²) in [4.78, 5) is 14.4. The Kier molecular flexibility index (Phi) is 4.41. The Morgan fingerprint density at radius 1 is 1.18 bits per heavy atom. The average Bonchev–Trinajstić information content (AvgIpc) is 2.53. The minimum absolute atomic E-state index is 0.126. The Hall–Kier alpha value is -1.91. The Bertz CT molecular complexity index is 559. The molecule has 5 nitrogen and oxygen atoms in total. The maximum Gasteiger partial charge on any atom is 0.249 e. The van der Waals surface area contributed by atoms with E-state index in [1.807, 2.05) is 24.0 Å². The second kappa shape index (κ2) is 6.46. The number of hydrogen-bond donors (Lipinski definition) is 1. The molecule has 1 amide bonds. The molecule has 0 saturated carbocycles. The van der Waals surface area contributed by atoms with Crippen LogP contribution in [0.1, 0.15) is 39.5 Å². The SMILES string of the molecule is CCCCCCN1C(=O)C(C)Nc2cc3c(cc21)OCCO3. The van der Waals surface area contributed by atoms with Crippen molar-refractivity contribution in [3.63, 3.8) is 0 Å². The molecule has 0 aromatic heterocycles. The minimum atomic E-state index is -0.207. The summed E-state index contributed by atoms with van der Waals surface area (Å²) in [6.07, 6.45) is 4.59. The van der Waals surface area contributed by atoms with Crippen LogP contribution in [0.25, 0.3) is 0 Å². The van der Waals surface area contributed by atoms with Crippen LogP contribution < -0.4 is 19.7 Å². The number of anilines is 2. The summed E-state index contributed by atoms with van der Waals surface area (Å²) in [5, 5.41) is 3.26. The van der Waals surface area contributed by atoms with Gasteiger partial charge in [0.2, 0.25) is 5.91 Å². The van der Waals surface area contributed by atoms with Crippen LogP contribution in [0.15, 0.2) is 12.1 Å². The van der Waals surface area contributed by atoms with Crippen LogP contribution in [0.5, 0.6) is 11.5 Å². The summed E-state index contributed by atoms with van der Waals surface area (Å²) >= 11 is 0. The minimum Gasteiger partial charge on any atom is -0.486 e. The molecule has 22 heavy (non-hydrogen) atoms. The molecule has 0 aliphatic carbocycles. The quantitative estimate of drug-likeness (QED) is 0.849. The smallest absolute Gasteiger partial charge is 0.249 e. The van der Waals surface area contributed by atoms with E-state index in [4.69, 9.17) is 9.47 Å². The van der Waals surface area contributed by atoms with E-state index in [0.29, 0.717) is 13.2 Å². The molecule has 0 bridgehead atoms. The maximum absolute atomic E-state index is 12.5. The van der Waals surface area contributed by atoms with Gasteiger partial charge in [-0.2, -0.15) is 0 Å². The molecule has 0 fully saturated rings. The van der Waals surface area contributed by atoms with Crippen LogP contribution in [-0.4, -0.2) is 31.7 Å². The zero-order chi connectivity index (χ0) is 15.5. The zero-order valence-electron chi connectivity index (χ0n) is 13.4. The normalized spacial score (nSPS) is 19.6. The molecule has 1 aromatic rings. The highest BCUT2D eigenvalue weighted by Crippen LogP contribution is 2.42. The lowest BCUT2D eigenvalue weighted by Gasteiger charge is -2.35. The topological polar surface area (TPSA) is 50.8 Å². The monoisotopic (exact) mass is 304 g/mol. The highest BCUT2D eigenvalue weighted by atomic mass is 16.6. The first-order chi connectivity index (χ1) is 10.7. The van der Waals surface area contributed by atoms with Gasteiger partial charge in [0, 0.05) is 18.7 Å². The maximum atomic E-state index is 12.5. The van der Waals surface area contributed by atoms with E-state index in [2.05, 4.69) is 12.2 Å². The summed E-state index contributed by atoms with van der Waals surface area (Å²) in [7, 11) is 0. The predicted molar refractivity (Wildman–Crippen MR) is 87.0 cm³/mol. The number of carbonyl (C=O) groups is 1. The number of hydrogen-bond acceptors (Lipinski definition) is 4. The molecule has 1 N–H and O–H groups in total. The molecule has 120 valence electrons. The molecular formula is C17H24N2O3. The van der Waals surface area contributed by atoms with Crippen LogP contribution in [0.3, 0.4) is 0 Å². The second-order valence-electron chi connectivity index (χ2n) is 5.93. The molecule has 5 heteroatoms. The van der Waals surface area contributed by atoms with Crippen molar-refractivity contribution < 1.29 is 14.3 Å². The van der Waals surface area contributed by atoms with Gasteiger partial charge in [-0.3, -0.25) is 4.79 Å². The fourth-order valence-electron chi connectivity index (χ4n) is 2.99. The zero-order valence-corrected chi connectivity index (χ0v) is 13.4. The van der Waals surface area contributed by atoms with Crippen molar-refractivity contribution in [3.05, 3.63) is 12.1 Å². The standard InChI is InChI=1S/C17H24N2O3/c1-3-4-5-6-7-19-14-11-16-15(21-8-9-22-16)10-13(14)18-12(2)17(19)20/h10-12,18H,3-9H2,1-2H3. The van der Waals surface area contributed by atoms with Gasteiger partial charge in [-0.15, -0.1) is 0 Å². The van der Waals surface area contributed by atoms with Crippen molar-refractivity contribution in [1.29, 1.82) is 0 Å². The first kappa shape index (κ1) is 15.0. The van der Waals surface area contributed by atoms with E-state index in [9.17, 15) is 4.79 Å². The summed E-state index contributed by atoms with van der Waals surface area (Å²) in [5.74, 6) is 1.61. The van der Waals surface area contributed by atoms with E-state index in [1.165, 1.54) is 12.8 Å². The van der Waals surface area contributed by atoms with Crippen molar-refractivity contribution in [2.24, 2.45) is 0 Å². The molecule has 3 rings (SSSR count). The van der Waals surface area contributed by atoms with Gasteiger partial charge in [-0.05, 0) is 13.3 Å². The molecule has 1 aromatic carbocycles. The fourth-order valence-corrected chi connectivity index (χ4v) is 2.99. The van der Waals surface area contributed by atoms with Crippen molar-refractivity contribution >= 4 is 17.3 Å². The van der Waals surface area contributed by atoms with Crippen molar-refractivity contribution in [3.8, 4) is 11.5 Å². The number of rotatable bonds is 5. The van der Waals surface area contributed by atoms with Gasteiger partial charge in [-0.25, -0.2) is 0 Å². The van der Waals surface area contributed by atoms with Crippen LogP contribution in [0.2, 0.25) is 0 Å². The number of nitrogens with zero attached hydrogens (tertiary/aromatic N) is 1. The predicted octanol–water partition coefficient (Wildman–Crippen LogP) is 3.19. The summed E-state index contributed by atoms with van der Waals surface area (Å²) in [6.45, 7) is 5.98. The average molecular weight is 304 g/mol. The van der Waals surface area contributed by atoms with Gasteiger partial charge in [-0.1, -0.05) is 26.2 Å². The third-order valence-electron chi connectivity index (χ3n) is 4.20. The van der Waals surface area contributed by atoms with Crippen molar-refractivity contribution in [2.75, 3.05) is 30.0 Å². The van der Waals surface area contributed by atoms with Crippen molar-refractivity contribution in [1.82, 2.24) is 0 Å². The van der Waals surface area contributed by atoms with E-state index < -0.39 is 0 Å². The summed E-state index contributed by atoms with van der Waals surface area (Å²) in [6, 6.07) is 3.67. The van der Waals surface area contributed by atoms with Gasteiger partial charge >= 0.3 is 0 Å². The number of unbranched alkanes of at least 4 members (excludes halogenated alkanes) is 3. The third-order valence-corrected chi connectivity index (χ3v) is 4.20. The largest absolute Gasteiger partial charge is 0.486 e. The first-order valence-electron chi connectivity index (χ1n) is 8.22. The van der Waals surface area contributed by atoms with E-state index >= 15 is 0 Å². The molecule has 2 aliphatic heterocycles. The molecule has 0 spiro atoms. The lowest BCUT2D eigenvalue weighted by atomic mass is 10.1. The van der Waals surface area contributed by atoms with Crippen LogP contribution in [0, 0.1) is 0 Å². The highest BCUT2D eigenvalue weighted by molar-refractivity contribution is 6.05. The number of ether oxygens (including phenoxy) is 2. The number of nitrogens with one attached hydrogen (secondary N) is 1. The van der Waals surface area contributed by atoms with E-state index in [-0.39, 0.29) is 11.9 Å². The van der Waals surface area contributed by atoms with Gasteiger partial charge in [0.15, 0.2) is 11.5 Å². The van der Waals surface area contributed by atoms with Gasteiger partial charge in [0.25, 0.3) is 0 Å². The fraction of sp³-hybridized carbons (Fsp3) is 0.588. The number of benzene rings is 1. The molecule has 0 saturated heterocycles. The molecule has 1 unspecified atom stereocenters. The molecule has 1 atom stereocenters. The Morgan fingerprint density at radius 3 is 2.64 bits per heavy atom. The summed E-state index contributed by atoms with van der Waals surface area (Å²) in [5.41, 5.74) is 1.86. The lowest BCUT2D eigenvalue weighted by Crippen LogP contribution is -2.46. The highest BCUT2D eigenvalue weighted by Gasteiger charge is 2.31. The molecule has 2 aliphatic rings. The van der Waals surface area contributed by atoms with E-state index in [0.717, 1.165) is 42.3 Å². The molecule has 0 radical (unpaired) electrons. The van der Waals surface area contributed by atoms with Crippen LogP contribution in [-0.2, 0) is 4.79 Å². The molecular weight excluding hydrogens is 280 g/mol.